The quantitative estimate of drug-likeness (QED) is 0.299. The van der Waals surface area contributed by atoms with Gasteiger partial charge in [0.2, 0.25) is 0 Å². The second-order valence-corrected chi connectivity index (χ2v) is 1.86. The van der Waals surface area contributed by atoms with Gasteiger partial charge in [0.05, 0.1) is 0 Å². The third-order valence-corrected chi connectivity index (χ3v) is 1.14. The van der Waals surface area contributed by atoms with Crippen molar-refractivity contribution < 1.29 is 29.6 Å². The predicted molar refractivity (Wildman–Crippen MR) is 34.3 cm³/mol. The summed E-state index contributed by atoms with van der Waals surface area (Å²) >= 11 is 0. The molecule has 0 unspecified atom stereocenters. The third-order valence-electron chi connectivity index (χ3n) is 1.14. The minimum atomic E-state index is -0.763. The molecule has 11 heavy (non-hydrogen) atoms. The van der Waals surface area contributed by atoms with E-state index in [4.69, 9.17) is 0 Å². The average Bonchev–Trinajstić information content (AvgIpc) is 1.82. The first-order chi connectivity index (χ1) is 4.61. The van der Waals surface area contributed by atoms with E-state index in [0.29, 0.717) is 0 Å². The van der Waals surface area contributed by atoms with Gasteiger partial charge in [-0.3, -0.25) is 0 Å². The van der Waals surface area contributed by atoms with Gasteiger partial charge in [0.25, 0.3) is 0 Å². The molecule has 0 atom stereocenters. The summed E-state index contributed by atoms with van der Waals surface area (Å²) < 4.78 is 0. The normalized spacial score (nSPS) is 8.82. The SMILES string of the molecule is C[c-]1c(=O)[nH]c(=O)[nH]c1=O.[Na+]. The van der Waals surface area contributed by atoms with Crippen LogP contribution < -0.4 is 46.4 Å². The van der Waals surface area contributed by atoms with E-state index in [1.165, 1.54) is 6.92 Å². The van der Waals surface area contributed by atoms with Crippen molar-refractivity contribution >= 4 is 0 Å². The summed E-state index contributed by atoms with van der Waals surface area (Å²) in [5, 5.41) is 0. The van der Waals surface area contributed by atoms with Crippen molar-refractivity contribution in [1.29, 1.82) is 0 Å². The van der Waals surface area contributed by atoms with Gasteiger partial charge in [-0.2, -0.15) is 6.92 Å². The summed E-state index contributed by atoms with van der Waals surface area (Å²) in [7, 11) is 0. The van der Waals surface area contributed by atoms with Crippen LogP contribution in [0.4, 0.5) is 0 Å². The summed E-state index contributed by atoms with van der Waals surface area (Å²) in [6.07, 6.45) is 0. The van der Waals surface area contributed by atoms with Gasteiger partial charge in [0, 0.05) is 0 Å². The number of H-pyrrole nitrogens is 2. The van der Waals surface area contributed by atoms with Crippen molar-refractivity contribution in [1.82, 2.24) is 9.97 Å². The minimum absolute atomic E-state index is 0. The van der Waals surface area contributed by atoms with Gasteiger partial charge in [0.1, 0.15) is 11.1 Å². The third kappa shape index (κ3) is 2.21. The molecule has 6 heteroatoms. The van der Waals surface area contributed by atoms with Crippen LogP contribution in [0.25, 0.3) is 0 Å². The molecular formula is C5H5N2NaO3. The monoisotopic (exact) mass is 164 g/mol. The fourth-order valence-electron chi connectivity index (χ4n) is 0.528. The molecule has 0 amide bonds. The Morgan fingerprint density at radius 2 is 1.45 bits per heavy atom. The second kappa shape index (κ2) is 3.75. The molecule has 1 aromatic rings. The smallest absolute Gasteiger partial charge is 0.310 e. The van der Waals surface area contributed by atoms with Crippen LogP contribution in [0.2, 0.25) is 0 Å². The first kappa shape index (κ1) is 10.5. The standard InChI is InChI=1S/C5H5N2O3.Na/c1-2-3(8)6-5(10)7-4(2)9;/h1H3,(H2,6,7,8,9,10);/q-1;+1. The molecule has 0 aliphatic carbocycles. The molecule has 0 spiro atoms. The van der Waals surface area contributed by atoms with Gasteiger partial charge in [0.15, 0.2) is 0 Å². The van der Waals surface area contributed by atoms with E-state index >= 15 is 0 Å². The molecule has 0 bridgehead atoms. The number of nitrogens with one attached hydrogen (secondary N) is 2. The van der Waals surface area contributed by atoms with Crippen molar-refractivity contribution in [2.45, 2.75) is 6.92 Å². The van der Waals surface area contributed by atoms with Gasteiger partial charge < -0.3 is 19.6 Å². The molecule has 0 fully saturated rings. The van der Waals surface area contributed by atoms with Gasteiger partial charge in [-0.15, -0.1) is 0 Å². The molecule has 1 rings (SSSR count). The fraction of sp³-hybridized carbons (Fsp3) is 0.200. The van der Waals surface area contributed by atoms with Crippen molar-refractivity contribution in [2.75, 3.05) is 0 Å². The summed E-state index contributed by atoms with van der Waals surface area (Å²) in [4.78, 5) is 35.3. The molecular weight excluding hydrogens is 159 g/mol. The summed E-state index contributed by atoms with van der Waals surface area (Å²) in [5.41, 5.74) is -2.03. The van der Waals surface area contributed by atoms with E-state index in [1.807, 2.05) is 9.97 Å². The Balaban J connectivity index is 0.000001000. The Labute approximate surface area is 83.1 Å². The largest absolute Gasteiger partial charge is 1.00 e. The Kier molecular flexibility index (Phi) is 3.57. The molecule has 2 N–H and O–H groups in total. The summed E-state index contributed by atoms with van der Waals surface area (Å²) in [6.45, 7) is 1.34. The van der Waals surface area contributed by atoms with E-state index in [9.17, 15) is 14.4 Å². The first-order valence-electron chi connectivity index (χ1n) is 2.61. The molecule has 0 saturated carbocycles. The zero-order valence-corrected chi connectivity index (χ0v) is 8.22. The average molecular weight is 164 g/mol. The van der Waals surface area contributed by atoms with Crippen LogP contribution in [0.15, 0.2) is 14.4 Å². The van der Waals surface area contributed by atoms with E-state index in [1.54, 1.807) is 0 Å². The summed E-state index contributed by atoms with van der Waals surface area (Å²) in [6, 6.07) is 0. The minimum Gasteiger partial charge on any atom is -0.310 e. The van der Waals surface area contributed by atoms with Crippen LogP contribution in [-0.2, 0) is 0 Å². The number of hydrogen-bond acceptors (Lipinski definition) is 3. The number of rotatable bonds is 0. The Bertz CT molecular complexity index is 365. The zero-order valence-electron chi connectivity index (χ0n) is 6.22. The maximum atomic E-state index is 10.6. The number of aromatic amines is 2. The maximum Gasteiger partial charge on any atom is 1.00 e. The number of aromatic nitrogens is 2. The van der Waals surface area contributed by atoms with Gasteiger partial charge >= 0.3 is 35.2 Å². The Morgan fingerprint density at radius 3 is 1.82 bits per heavy atom. The molecule has 54 valence electrons. The van der Waals surface area contributed by atoms with Crippen LogP contribution in [0.3, 0.4) is 0 Å². The Morgan fingerprint density at radius 1 is 1.09 bits per heavy atom. The molecule has 0 aliphatic rings. The van der Waals surface area contributed by atoms with Gasteiger partial charge in [-0.25, -0.2) is 10.4 Å². The molecule has 1 aromatic heterocycles. The topological polar surface area (TPSA) is 82.8 Å². The molecule has 0 aliphatic heterocycles. The van der Waals surface area contributed by atoms with E-state index in [-0.39, 0.29) is 35.1 Å². The van der Waals surface area contributed by atoms with Gasteiger partial charge in [-0.05, 0) is 0 Å². The maximum absolute atomic E-state index is 10.6. The molecule has 0 saturated heterocycles. The predicted octanol–water partition coefficient (Wildman–Crippen LogP) is -4.55. The van der Waals surface area contributed by atoms with Crippen molar-refractivity contribution in [3.63, 3.8) is 0 Å². The van der Waals surface area contributed by atoms with Crippen molar-refractivity contribution in [3.05, 3.63) is 36.8 Å². The Hall–Kier alpha value is -0.520. The van der Waals surface area contributed by atoms with Crippen LogP contribution in [0.1, 0.15) is 5.56 Å². The number of hydrogen-bond donors (Lipinski definition) is 2. The van der Waals surface area contributed by atoms with Crippen LogP contribution in [0, 0.1) is 6.92 Å². The molecule has 0 radical (unpaired) electrons. The molecule has 5 nitrogen and oxygen atoms in total. The van der Waals surface area contributed by atoms with Crippen LogP contribution in [0.5, 0.6) is 0 Å². The van der Waals surface area contributed by atoms with E-state index < -0.39 is 16.8 Å². The fourth-order valence-corrected chi connectivity index (χ4v) is 0.528. The summed E-state index contributed by atoms with van der Waals surface area (Å²) in [5.74, 6) is 0. The van der Waals surface area contributed by atoms with E-state index in [0.717, 1.165) is 0 Å². The van der Waals surface area contributed by atoms with Crippen molar-refractivity contribution in [3.8, 4) is 0 Å². The van der Waals surface area contributed by atoms with Crippen LogP contribution >= 0.6 is 0 Å². The van der Waals surface area contributed by atoms with E-state index in [2.05, 4.69) is 0 Å². The molecule has 1 heterocycles. The van der Waals surface area contributed by atoms with Crippen molar-refractivity contribution in [2.24, 2.45) is 0 Å². The van der Waals surface area contributed by atoms with Gasteiger partial charge in [-0.1, -0.05) is 0 Å². The second-order valence-electron chi connectivity index (χ2n) is 1.86. The zero-order chi connectivity index (χ0) is 7.72. The first-order valence-corrected chi connectivity index (χ1v) is 2.61. The van der Waals surface area contributed by atoms with Crippen LogP contribution in [-0.4, -0.2) is 9.97 Å². The molecule has 0 aromatic carbocycles.